The van der Waals surface area contributed by atoms with E-state index >= 15 is 0 Å². The molecule has 0 N–H and O–H groups in total. The van der Waals surface area contributed by atoms with Crippen LogP contribution in [0.25, 0.3) is 6.08 Å². The van der Waals surface area contributed by atoms with Crippen molar-refractivity contribution >= 4 is 23.6 Å². The van der Waals surface area contributed by atoms with Crippen LogP contribution in [0, 0.1) is 13.8 Å². The van der Waals surface area contributed by atoms with Crippen LogP contribution in [0.15, 0.2) is 43.0 Å². The second kappa shape index (κ2) is 9.32. The molecular formula is C20H22ClN5O2. The average molecular weight is 400 g/mol. The smallest absolute Gasteiger partial charge is 0.330 e. The summed E-state index contributed by atoms with van der Waals surface area (Å²) in [4.78, 5) is 15.8. The third-order valence-corrected chi connectivity index (χ3v) is 4.71. The van der Waals surface area contributed by atoms with Crippen LogP contribution < -0.4 is 0 Å². The normalized spacial score (nSPS) is 11.2. The Balaban J connectivity index is 1.56. The van der Waals surface area contributed by atoms with Crippen molar-refractivity contribution < 1.29 is 9.53 Å². The van der Waals surface area contributed by atoms with Gasteiger partial charge in [-0.3, -0.25) is 9.36 Å². The molecule has 8 heteroatoms. The Hall–Kier alpha value is -2.93. The first-order valence-electron chi connectivity index (χ1n) is 8.99. The maximum absolute atomic E-state index is 12.0. The van der Waals surface area contributed by atoms with Gasteiger partial charge in [-0.25, -0.2) is 9.78 Å². The molecule has 7 nitrogen and oxygen atoms in total. The highest BCUT2D eigenvalue weighted by molar-refractivity contribution is 6.31. The Kier molecular flexibility index (Phi) is 6.60. The SMILES string of the molecule is Cc1nn(Cc2ccccc2Cl)c(C)c1C=CC(=O)OCCCn1cncn1. The molecule has 0 amide bonds. The summed E-state index contributed by atoms with van der Waals surface area (Å²) in [6, 6.07) is 7.69. The van der Waals surface area contributed by atoms with Crippen LogP contribution in [0.1, 0.15) is 28.9 Å². The van der Waals surface area contributed by atoms with Crippen LogP contribution in [0.4, 0.5) is 0 Å². The minimum absolute atomic E-state index is 0.326. The number of esters is 1. The van der Waals surface area contributed by atoms with E-state index in [-0.39, 0.29) is 5.97 Å². The first-order chi connectivity index (χ1) is 13.5. The molecule has 0 radical (unpaired) electrons. The van der Waals surface area contributed by atoms with Gasteiger partial charge in [0.25, 0.3) is 0 Å². The molecule has 3 aromatic rings. The predicted molar refractivity (Wildman–Crippen MR) is 107 cm³/mol. The molecular weight excluding hydrogens is 378 g/mol. The third kappa shape index (κ3) is 5.07. The van der Waals surface area contributed by atoms with Gasteiger partial charge in [-0.15, -0.1) is 0 Å². The van der Waals surface area contributed by atoms with Gasteiger partial charge in [0.2, 0.25) is 0 Å². The molecule has 2 aromatic heterocycles. The van der Waals surface area contributed by atoms with E-state index in [0.717, 1.165) is 22.5 Å². The lowest BCUT2D eigenvalue weighted by atomic mass is 10.1. The van der Waals surface area contributed by atoms with Crippen molar-refractivity contribution in [2.45, 2.75) is 33.4 Å². The van der Waals surface area contributed by atoms with Crippen molar-refractivity contribution in [3.8, 4) is 0 Å². The molecule has 0 aliphatic rings. The van der Waals surface area contributed by atoms with Crippen LogP contribution in [0.5, 0.6) is 0 Å². The van der Waals surface area contributed by atoms with E-state index in [1.165, 1.54) is 12.4 Å². The summed E-state index contributed by atoms with van der Waals surface area (Å²) >= 11 is 6.24. The van der Waals surface area contributed by atoms with E-state index in [2.05, 4.69) is 15.2 Å². The number of carbonyl (C=O) groups excluding carboxylic acids is 1. The van der Waals surface area contributed by atoms with Gasteiger partial charge in [-0.2, -0.15) is 10.2 Å². The summed E-state index contributed by atoms with van der Waals surface area (Å²) in [6.07, 6.45) is 6.97. The number of rotatable bonds is 8. The monoisotopic (exact) mass is 399 g/mol. The van der Waals surface area contributed by atoms with Crippen LogP contribution in [0.2, 0.25) is 5.02 Å². The predicted octanol–water partition coefficient (Wildman–Crippen LogP) is 3.44. The Bertz CT molecular complexity index is 963. The summed E-state index contributed by atoms with van der Waals surface area (Å²) in [5, 5.41) is 9.28. The lowest BCUT2D eigenvalue weighted by molar-refractivity contribution is -0.137. The first-order valence-corrected chi connectivity index (χ1v) is 9.37. The zero-order chi connectivity index (χ0) is 19.9. The van der Waals surface area contributed by atoms with Gasteiger partial charge in [0.15, 0.2) is 0 Å². The highest BCUT2D eigenvalue weighted by atomic mass is 35.5. The van der Waals surface area contributed by atoms with Crippen LogP contribution in [-0.2, 0) is 22.6 Å². The standard InChI is InChI=1S/C20H22ClN5O2/c1-15-18(8-9-20(27)28-11-5-10-25-14-22-13-23-25)16(2)26(24-15)12-17-6-3-4-7-19(17)21/h3-4,6-9,13-14H,5,10-12H2,1-2H3. The second-order valence-electron chi connectivity index (χ2n) is 6.35. The lowest BCUT2D eigenvalue weighted by Crippen LogP contribution is -2.06. The minimum atomic E-state index is -0.378. The van der Waals surface area contributed by atoms with Gasteiger partial charge in [0.1, 0.15) is 12.7 Å². The van der Waals surface area contributed by atoms with Gasteiger partial charge in [0, 0.05) is 35.3 Å². The van der Waals surface area contributed by atoms with Crippen molar-refractivity contribution in [3.63, 3.8) is 0 Å². The summed E-state index contributed by atoms with van der Waals surface area (Å²) < 4.78 is 8.81. The molecule has 0 saturated heterocycles. The molecule has 0 aliphatic carbocycles. The number of hydrogen-bond donors (Lipinski definition) is 0. The Morgan fingerprint density at radius 2 is 2.11 bits per heavy atom. The fraction of sp³-hybridized carbons (Fsp3) is 0.300. The summed E-state index contributed by atoms with van der Waals surface area (Å²) in [7, 11) is 0. The molecule has 1 aromatic carbocycles. The van der Waals surface area contributed by atoms with Gasteiger partial charge in [0.05, 0.1) is 18.8 Å². The number of benzene rings is 1. The molecule has 146 valence electrons. The zero-order valence-electron chi connectivity index (χ0n) is 15.9. The molecule has 0 spiro atoms. The minimum Gasteiger partial charge on any atom is -0.462 e. The fourth-order valence-electron chi connectivity index (χ4n) is 2.84. The quantitative estimate of drug-likeness (QED) is 0.329. The van der Waals surface area contributed by atoms with Crippen molar-refractivity contribution in [1.29, 1.82) is 0 Å². The van der Waals surface area contributed by atoms with E-state index < -0.39 is 0 Å². The van der Waals surface area contributed by atoms with Crippen LogP contribution in [-0.4, -0.2) is 37.1 Å². The third-order valence-electron chi connectivity index (χ3n) is 4.34. The molecule has 2 heterocycles. The van der Waals surface area contributed by atoms with E-state index in [0.29, 0.717) is 31.1 Å². The molecule has 28 heavy (non-hydrogen) atoms. The Labute approximate surface area is 168 Å². The van der Waals surface area contributed by atoms with E-state index in [1.807, 2.05) is 42.8 Å². The highest BCUT2D eigenvalue weighted by Gasteiger charge is 2.11. The van der Waals surface area contributed by atoms with Crippen molar-refractivity contribution in [1.82, 2.24) is 24.5 Å². The number of ether oxygens (including phenoxy) is 1. The molecule has 0 fully saturated rings. The number of halogens is 1. The largest absolute Gasteiger partial charge is 0.462 e. The lowest BCUT2D eigenvalue weighted by Gasteiger charge is -2.06. The number of aromatic nitrogens is 5. The number of carbonyl (C=O) groups is 1. The van der Waals surface area contributed by atoms with Gasteiger partial charge >= 0.3 is 5.97 Å². The maximum Gasteiger partial charge on any atom is 0.330 e. The van der Waals surface area contributed by atoms with Crippen LogP contribution in [0.3, 0.4) is 0 Å². The van der Waals surface area contributed by atoms with Gasteiger partial charge in [-0.05, 0) is 31.6 Å². The van der Waals surface area contributed by atoms with Crippen molar-refractivity contribution in [3.05, 3.63) is 70.5 Å². The summed E-state index contributed by atoms with van der Waals surface area (Å²) in [6.45, 7) is 5.45. The second-order valence-corrected chi connectivity index (χ2v) is 6.75. The topological polar surface area (TPSA) is 74.8 Å². The first kappa shape index (κ1) is 19.8. The Morgan fingerprint density at radius 3 is 2.86 bits per heavy atom. The van der Waals surface area contributed by atoms with Crippen molar-refractivity contribution in [2.75, 3.05) is 6.61 Å². The summed E-state index contributed by atoms with van der Waals surface area (Å²) in [5.41, 5.74) is 3.72. The molecule has 0 bridgehead atoms. The Morgan fingerprint density at radius 1 is 1.29 bits per heavy atom. The number of nitrogens with zero attached hydrogens (tertiary/aromatic N) is 5. The van der Waals surface area contributed by atoms with Gasteiger partial charge in [-0.1, -0.05) is 29.8 Å². The zero-order valence-corrected chi connectivity index (χ0v) is 16.6. The van der Waals surface area contributed by atoms with E-state index in [9.17, 15) is 4.79 Å². The molecule has 0 unspecified atom stereocenters. The van der Waals surface area contributed by atoms with Crippen LogP contribution >= 0.6 is 11.6 Å². The summed E-state index contributed by atoms with van der Waals surface area (Å²) in [5.74, 6) is -0.378. The number of hydrogen-bond acceptors (Lipinski definition) is 5. The average Bonchev–Trinajstić information content (AvgIpc) is 3.28. The van der Waals surface area contributed by atoms with E-state index in [4.69, 9.17) is 16.3 Å². The molecule has 0 aliphatic heterocycles. The van der Waals surface area contributed by atoms with E-state index in [1.54, 1.807) is 17.1 Å². The molecule has 3 rings (SSSR count). The highest BCUT2D eigenvalue weighted by Crippen LogP contribution is 2.20. The number of aryl methyl sites for hydroxylation is 2. The van der Waals surface area contributed by atoms with Gasteiger partial charge < -0.3 is 4.74 Å². The maximum atomic E-state index is 12.0. The fourth-order valence-corrected chi connectivity index (χ4v) is 3.04. The molecule has 0 atom stereocenters. The van der Waals surface area contributed by atoms with Crippen molar-refractivity contribution in [2.24, 2.45) is 0 Å². The molecule has 0 saturated carbocycles.